The van der Waals surface area contributed by atoms with E-state index >= 15 is 0 Å². The summed E-state index contributed by atoms with van der Waals surface area (Å²) in [5, 5.41) is 4.44. The van der Waals surface area contributed by atoms with Gasteiger partial charge in [0.15, 0.2) is 0 Å². The molecular formula is C18H27N3O4S. The van der Waals surface area contributed by atoms with Crippen molar-refractivity contribution in [2.45, 2.75) is 57.6 Å². The largest absolute Gasteiger partial charge is 0.355 e. The van der Waals surface area contributed by atoms with Crippen molar-refractivity contribution >= 4 is 27.6 Å². The van der Waals surface area contributed by atoms with Gasteiger partial charge in [0.1, 0.15) is 0 Å². The molecule has 1 aliphatic heterocycles. The maximum Gasteiger partial charge on any atom is 0.332 e. The summed E-state index contributed by atoms with van der Waals surface area (Å²) in [6.07, 6.45) is 0.342. The van der Waals surface area contributed by atoms with Gasteiger partial charge in [-0.15, -0.1) is 0 Å². The lowest BCUT2D eigenvalue weighted by Crippen LogP contribution is -2.48. The number of piperidine rings is 1. The Morgan fingerprint density at radius 3 is 2.19 bits per heavy atom. The predicted octanol–water partition coefficient (Wildman–Crippen LogP) is 2.66. The number of carbonyl (C=O) groups excluding carboxylic acids is 2. The number of para-hydroxylation sites is 1. The molecule has 7 nitrogen and oxygen atoms in total. The lowest BCUT2D eigenvalue weighted by atomic mass is 9.93. The molecule has 1 saturated heterocycles. The van der Waals surface area contributed by atoms with E-state index < -0.39 is 21.3 Å². The lowest BCUT2D eigenvalue weighted by molar-refractivity contribution is -0.122. The molecule has 1 aliphatic rings. The second-order valence-electron chi connectivity index (χ2n) is 7.19. The first kappa shape index (κ1) is 20.2. The maximum absolute atomic E-state index is 12.4. The molecule has 1 unspecified atom stereocenters. The van der Waals surface area contributed by atoms with Gasteiger partial charge in [0.25, 0.3) is 0 Å². The number of hydrogen-bond acceptors (Lipinski definition) is 4. The van der Waals surface area contributed by atoms with Crippen molar-refractivity contribution in [3.63, 3.8) is 0 Å². The van der Waals surface area contributed by atoms with Gasteiger partial charge in [0, 0.05) is 18.7 Å². The summed E-state index contributed by atoms with van der Waals surface area (Å²) in [6, 6.07) is 5.01. The van der Waals surface area contributed by atoms with Crippen LogP contribution in [0.25, 0.3) is 0 Å². The van der Waals surface area contributed by atoms with Gasteiger partial charge >= 0.3 is 6.03 Å². The van der Waals surface area contributed by atoms with Gasteiger partial charge in [-0.1, -0.05) is 45.9 Å². The highest BCUT2D eigenvalue weighted by Gasteiger charge is 2.31. The van der Waals surface area contributed by atoms with Gasteiger partial charge in [-0.3, -0.25) is 4.79 Å². The van der Waals surface area contributed by atoms with Crippen LogP contribution in [0.5, 0.6) is 0 Å². The van der Waals surface area contributed by atoms with Crippen LogP contribution in [0.4, 0.5) is 10.5 Å². The number of hydrogen-bond donors (Lipinski definition) is 3. The second-order valence-corrected chi connectivity index (χ2v) is 9.15. The van der Waals surface area contributed by atoms with E-state index in [1.807, 2.05) is 45.9 Å². The quantitative estimate of drug-likeness (QED) is 0.729. The molecular weight excluding hydrogens is 354 g/mol. The van der Waals surface area contributed by atoms with E-state index in [1.165, 1.54) is 0 Å². The van der Waals surface area contributed by atoms with Crippen LogP contribution in [0, 0.1) is 0 Å². The van der Waals surface area contributed by atoms with Crippen molar-refractivity contribution in [1.82, 2.24) is 10.0 Å². The summed E-state index contributed by atoms with van der Waals surface area (Å²) in [5.74, 6) is 0.177. The zero-order chi connectivity index (χ0) is 19.5. The fraction of sp³-hybridized carbons (Fsp3) is 0.556. The molecule has 26 heavy (non-hydrogen) atoms. The summed E-state index contributed by atoms with van der Waals surface area (Å²) >= 11 is 0. The molecule has 1 fully saturated rings. The van der Waals surface area contributed by atoms with Crippen LogP contribution in [-0.2, 0) is 14.8 Å². The number of nitrogens with one attached hydrogen (secondary N) is 3. The van der Waals surface area contributed by atoms with E-state index in [0.717, 1.165) is 11.1 Å². The molecule has 2 rings (SSSR count). The third-order valence-electron chi connectivity index (χ3n) is 4.51. The van der Waals surface area contributed by atoms with Crippen LogP contribution in [0.3, 0.4) is 0 Å². The van der Waals surface area contributed by atoms with Gasteiger partial charge in [-0.05, 0) is 29.4 Å². The lowest BCUT2D eigenvalue weighted by Gasteiger charge is -2.24. The third-order valence-corrected chi connectivity index (χ3v) is 6.26. The predicted molar refractivity (Wildman–Crippen MR) is 102 cm³/mol. The van der Waals surface area contributed by atoms with Crippen LogP contribution in [0.15, 0.2) is 18.2 Å². The van der Waals surface area contributed by atoms with Crippen molar-refractivity contribution in [2.24, 2.45) is 0 Å². The standard InChI is InChI=1S/C18H27N3O4S/c1-11(2)14-6-5-7-15(12(3)4)17(14)20-18(23)21-26(24,25)13-8-9-16(22)19-10-13/h5-7,11-13H,8-10H2,1-4H3,(H,19,22)(H2,20,21,23). The summed E-state index contributed by atoms with van der Waals surface area (Å²) in [5.41, 5.74) is 2.56. The molecule has 1 aromatic carbocycles. The van der Waals surface area contributed by atoms with Gasteiger partial charge < -0.3 is 10.6 Å². The highest BCUT2D eigenvalue weighted by molar-refractivity contribution is 7.90. The molecule has 0 aromatic heterocycles. The van der Waals surface area contributed by atoms with Crippen molar-refractivity contribution < 1.29 is 18.0 Å². The Morgan fingerprint density at radius 2 is 1.73 bits per heavy atom. The SMILES string of the molecule is CC(C)c1cccc(C(C)C)c1NC(=O)NS(=O)(=O)C1CCC(=O)NC1. The van der Waals surface area contributed by atoms with Crippen LogP contribution in [0.2, 0.25) is 0 Å². The monoisotopic (exact) mass is 381 g/mol. The van der Waals surface area contributed by atoms with Gasteiger partial charge in [0.05, 0.1) is 5.25 Å². The number of benzene rings is 1. The first-order valence-corrected chi connectivity index (χ1v) is 10.4. The second kappa shape index (κ2) is 8.07. The summed E-state index contributed by atoms with van der Waals surface area (Å²) in [6.45, 7) is 8.09. The Kier molecular flexibility index (Phi) is 6.28. The fourth-order valence-electron chi connectivity index (χ4n) is 3.02. The minimum Gasteiger partial charge on any atom is -0.355 e. The molecule has 0 saturated carbocycles. The maximum atomic E-state index is 12.4. The number of amides is 3. The van der Waals surface area contributed by atoms with E-state index in [9.17, 15) is 18.0 Å². The zero-order valence-electron chi connectivity index (χ0n) is 15.6. The first-order valence-electron chi connectivity index (χ1n) is 8.84. The third kappa shape index (κ3) is 4.75. The van der Waals surface area contributed by atoms with Crippen LogP contribution >= 0.6 is 0 Å². The number of anilines is 1. The number of sulfonamides is 1. The molecule has 0 bridgehead atoms. The van der Waals surface area contributed by atoms with Crippen LogP contribution < -0.4 is 15.4 Å². The van der Waals surface area contributed by atoms with E-state index in [1.54, 1.807) is 0 Å². The van der Waals surface area contributed by atoms with Crippen LogP contribution in [-0.4, -0.2) is 32.2 Å². The Balaban J connectivity index is 2.18. The molecule has 1 aromatic rings. The summed E-state index contributed by atoms with van der Waals surface area (Å²) in [7, 11) is -3.87. The molecule has 8 heteroatoms. The van der Waals surface area contributed by atoms with E-state index in [2.05, 4.69) is 15.4 Å². The Labute approximate surface area is 155 Å². The molecule has 3 amide bonds. The molecule has 144 valence electrons. The molecule has 0 spiro atoms. The van der Waals surface area contributed by atoms with Crippen molar-refractivity contribution in [3.05, 3.63) is 29.3 Å². The molecule has 0 aliphatic carbocycles. The summed E-state index contributed by atoms with van der Waals surface area (Å²) < 4.78 is 26.9. The van der Waals surface area contributed by atoms with Crippen molar-refractivity contribution in [2.75, 3.05) is 11.9 Å². The number of rotatable bonds is 5. The van der Waals surface area contributed by atoms with E-state index in [0.29, 0.717) is 5.69 Å². The average Bonchev–Trinajstić information content (AvgIpc) is 2.54. The highest BCUT2D eigenvalue weighted by atomic mass is 32.2. The zero-order valence-corrected chi connectivity index (χ0v) is 16.4. The van der Waals surface area contributed by atoms with Crippen molar-refractivity contribution in [1.29, 1.82) is 0 Å². The van der Waals surface area contributed by atoms with Gasteiger partial charge in [-0.25, -0.2) is 17.9 Å². The minimum absolute atomic E-state index is 0.0152. The average molecular weight is 381 g/mol. The van der Waals surface area contributed by atoms with Gasteiger partial charge in [-0.2, -0.15) is 0 Å². The Morgan fingerprint density at radius 1 is 1.15 bits per heavy atom. The molecule has 1 heterocycles. The van der Waals surface area contributed by atoms with E-state index in [4.69, 9.17) is 0 Å². The van der Waals surface area contributed by atoms with Crippen molar-refractivity contribution in [3.8, 4) is 0 Å². The smallest absolute Gasteiger partial charge is 0.332 e. The fourth-order valence-corrected chi connectivity index (χ4v) is 4.23. The number of urea groups is 1. The highest BCUT2D eigenvalue weighted by Crippen LogP contribution is 2.32. The normalized spacial score (nSPS) is 17.9. The summed E-state index contributed by atoms with van der Waals surface area (Å²) in [4.78, 5) is 23.6. The van der Waals surface area contributed by atoms with Crippen LogP contribution in [0.1, 0.15) is 63.5 Å². The van der Waals surface area contributed by atoms with E-state index in [-0.39, 0.29) is 37.1 Å². The minimum atomic E-state index is -3.87. The Hall–Kier alpha value is -2.09. The molecule has 0 radical (unpaired) electrons. The molecule has 3 N–H and O–H groups in total. The Bertz CT molecular complexity index is 751. The van der Waals surface area contributed by atoms with Gasteiger partial charge in [0.2, 0.25) is 15.9 Å². The first-order chi connectivity index (χ1) is 12.1. The number of carbonyl (C=O) groups is 2. The molecule has 1 atom stereocenters. The topological polar surface area (TPSA) is 104 Å².